The highest BCUT2D eigenvalue weighted by Gasteiger charge is 2.16. The van der Waals surface area contributed by atoms with E-state index >= 15 is 0 Å². The van der Waals surface area contributed by atoms with Crippen LogP contribution in [0.1, 0.15) is 11.3 Å². The maximum atomic E-state index is 9.34. The van der Waals surface area contributed by atoms with Gasteiger partial charge in [-0.25, -0.2) is 0 Å². The number of rotatable bonds is 4. The number of nitriles is 1. The van der Waals surface area contributed by atoms with Crippen LogP contribution in [0.2, 0.25) is 5.02 Å². The minimum absolute atomic E-state index is 0.414. The van der Waals surface area contributed by atoms with Gasteiger partial charge < -0.3 is 10.5 Å². The first-order valence-corrected chi connectivity index (χ1v) is 7.41. The molecule has 3 rings (SSSR count). The molecule has 1 aromatic heterocycles. The van der Waals surface area contributed by atoms with Gasteiger partial charge in [0.25, 0.3) is 0 Å². The number of benzene rings is 2. The van der Waals surface area contributed by atoms with Crippen molar-refractivity contribution in [2.24, 2.45) is 0 Å². The molecular formula is C18H14ClN3O. The molecule has 0 aliphatic heterocycles. The summed E-state index contributed by atoms with van der Waals surface area (Å²) in [6.45, 7) is 0.497. The van der Waals surface area contributed by atoms with Gasteiger partial charge in [-0.2, -0.15) is 5.26 Å². The van der Waals surface area contributed by atoms with E-state index in [2.05, 4.69) is 6.07 Å². The Morgan fingerprint density at radius 1 is 1.09 bits per heavy atom. The van der Waals surface area contributed by atoms with Crippen LogP contribution < -0.4 is 10.5 Å². The van der Waals surface area contributed by atoms with Gasteiger partial charge in [-0.3, -0.25) is 4.57 Å². The number of ether oxygens (including phenoxy) is 1. The van der Waals surface area contributed by atoms with Crippen LogP contribution in [0.15, 0.2) is 60.7 Å². The second kappa shape index (κ2) is 6.47. The van der Waals surface area contributed by atoms with Gasteiger partial charge >= 0.3 is 0 Å². The quantitative estimate of drug-likeness (QED) is 0.772. The van der Waals surface area contributed by atoms with Crippen LogP contribution in [-0.4, -0.2) is 4.57 Å². The molecule has 0 aliphatic carbocycles. The molecule has 5 heteroatoms. The van der Waals surface area contributed by atoms with Gasteiger partial charge in [-0.1, -0.05) is 48.0 Å². The first-order chi connectivity index (χ1) is 11.2. The summed E-state index contributed by atoms with van der Waals surface area (Å²) >= 11 is 5.98. The Kier molecular flexibility index (Phi) is 4.22. The summed E-state index contributed by atoms with van der Waals surface area (Å²) in [5.41, 5.74) is 7.94. The lowest BCUT2D eigenvalue weighted by Gasteiger charge is -2.12. The highest BCUT2D eigenvalue weighted by Crippen LogP contribution is 2.32. The second-order valence-electron chi connectivity index (χ2n) is 5.03. The van der Waals surface area contributed by atoms with E-state index < -0.39 is 0 Å². The Labute approximate surface area is 139 Å². The Balaban J connectivity index is 1.99. The fourth-order valence-electron chi connectivity index (χ4n) is 2.32. The topological polar surface area (TPSA) is 64.0 Å². The zero-order chi connectivity index (χ0) is 16.2. The molecule has 0 fully saturated rings. The molecule has 23 heavy (non-hydrogen) atoms. The molecule has 0 bridgehead atoms. The summed E-state index contributed by atoms with van der Waals surface area (Å²) in [6.07, 6.45) is 0. The molecule has 2 aromatic carbocycles. The highest BCUT2D eigenvalue weighted by molar-refractivity contribution is 6.30. The first kappa shape index (κ1) is 15.0. The standard InChI is InChI=1S/C18H14ClN3O/c19-14-7-4-8-16(9-14)23-18-17(21)10-15(11-20)22(18)12-13-5-2-1-3-6-13/h1-10H,12,21H2. The van der Waals surface area contributed by atoms with Gasteiger partial charge in [0.15, 0.2) is 0 Å². The van der Waals surface area contributed by atoms with E-state index in [1.807, 2.05) is 30.3 Å². The number of hydrogen-bond acceptors (Lipinski definition) is 3. The van der Waals surface area contributed by atoms with E-state index in [1.54, 1.807) is 34.9 Å². The van der Waals surface area contributed by atoms with Gasteiger partial charge in [0, 0.05) is 11.1 Å². The van der Waals surface area contributed by atoms with Gasteiger partial charge in [0.05, 0.1) is 12.2 Å². The van der Waals surface area contributed by atoms with Crippen molar-refractivity contribution >= 4 is 17.3 Å². The van der Waals surface area contributed by atoms with Gasteiger partial charge in [-0.05, 0) is 23.8 Å². The average Bonchev–Trinajstić information content (AvgIpc) is 2.84. The maximum Gasteiger partial charge on any atom is 0.224 e. The van der Waals surface area contributed by atoms with Crippen LogP contribution in [0.3, 0.4) is 0 Å². The Bertz CT molecular complexity index is 866. The van der Waals surface area contributed by atoms with Crippen molar-refractivity contribution in [2.75, 3.05) is 5.73 Å². The normalized spacial score (nSPS) is 10.3. The number of nitrogens with two attached hydrogens (primary N) is 1. The summed E-state index contributed by atoms with van der Waals surface area (Å²) < 4.78 is 7.63. The molecule has 1 heterocycles. The third kappa shape index (κ3) is 3.31. The Morgan fingerprint density at radius 3 is 2.57 bits per heavy atom. The van der Waals surface area contributed by atoms with Crippen molar-refractivity contribution in [2.45, 2.75) is 6.54 Å². The van der Waals surface area contributed by atoms with Crippen LogP contribution in [0.5, 0.6) is 11.6 Å². The van der Waals surface area contributed by atoms with Gasteiger partial charge in [0.1, 0.15) is 17.5 Å². The van der Waals surface area contributed by atoms with E-state index in [0.717, 1.165) is 5.56 Å². The van der Waals surface area contributed by atoms with Gasteiger partial charge in [0.2, 0.25) is 5.88 Å². The molecule has 0 saturated heterocycles. The zero-order valence-corrected chi connectivity index (χ0v) is 13.0. The van der Waals surface area contributed by atoms with Crippen LogP contribution in [0, 0.1) is 11.3 Å². The summed E-state index contributed by atoms with van der Waals surface area (Å²) in [5.74, 6) is 1.01. The number of hydrogen-bond donors (Lipinski definition) is 1. The Morgan fingerprint density at radius 2 is 1.87 bits per heavy atom. The van der Waals surface area contributed by atoms with E-state index in [4.69, 9.17) is 22.1 Å². The number of halogens is 1. The SMILES string of the molecule is N#Cc1cc(N)c(Oc2cccc(Cl)c2)n1Cc1ccccc1. The number of nitrogens with zero attached hydrogens (tertiary/aromatic N) is 2. The van der Waals surface area contributed by atoms with Crippen molar-refractivity contribution in [1.29, 1.82) is 5.26 Å². The molecule has 0 saturated carbocycles. The minimum Gasteiger partial charge on any atom is -0.439 e. The van der Waals surface area contributed by atoms with Crippen LogP contribution in [0.4, 0.5) is 5.69 Å². The Hall–Kier alpha value is -2.90. The summed E-state index contributed by atoms with van der Waals surface area (Å²) in [6, 6.07) is 20.6. The molecule has 2 N–H and O–H groups in total. The predicted molar refractivity (Wildman–Crippen MR) is 90.6 cm³/mol. The monoisotopic (exact) mass is 323 g/mol. The average molecular weight is 324 g/mol. The molecule has 0 amide bonds. The fraction of sp³-hybridized carbons (Fsp3) is 0.0556. The third-order valence-corrected chi connectivity index (χ3v) is 3.62. The zero-order valence-electron chi connectivity index (χ0n) is 12.2. The first-order valence-electron chi connectivity index (χ1n) is 7.04. The maximum absolute atomic E-state index is 9.34. The lowest BCUT2D eigenvalue weighted by atomic mass is 10.2. The second-order valence-corrected chi connectivity index (χ2v) is 5.47. The van der Waals surface area contributed by atoms with Crippen molar-refractivity contribution in [1.82, 2.24) is 4.57 Å². The third-order valence-electron chi connectivity index (χ3n) is 3.38. The molecule has 0 unspecified atom stereocenters. The molecular weight excluding hydrogens is 310 g/mol. The van der Waals surface area contributed by atoms with Crippen LogP contribution in [0.25, 0.3) is 0 Å². The lowest BCUT2D eigenvalue weighted by molar-refractivity contribution is 0.437. The van der Waals surface area contributed by atoms with E-state index in [-0.39, 0.29) is 0 Å². The van der Waals surface area contributed by atoms with Gasteiger partial charge in [-0.15, -0.1) is 0 Å². The molecule has 0 spiro atoms. The molecule has 0 radical (unpaired) electrons. The predicted octanol–water partition coefficient (Wildman–Crippen LogP) is 4.44. The molecule has 3 aromatic rings. The van der Waals surface area contributed by atoms with Crippen molar-refractivity contribution < 1.29 is 4.74 Å². The van der Waals surface area contributed by atoms with Crippen LogP contribution >= 0.6 is 11.6 Å². The lowest BCUT2D eigenvalue weighted by Crippen LogP contribution is -2.05. The molecule has 0 aliphatic rings. The van der Waals surface area contributed by atoms with E-state index in [1.165, 1.54) is 0 Å². The molecule has 4 nitrogen and oxygen atoms in total. The summed E-state index contributed by atoms with van der Waals surface area (Å²) in [4.78, 5) is 0. The van der Waals surface area contributed by atoms with Crippen molar-refractivity contribution in [3.8, 4) is 17.7 Å². The van der Waals surface area contributed by atoms with E-state index in [0.29, 0.717) is 34.6 Å². The molecule has 114 valence electrons. The number of anilines is 1. The van der Waals surface area contributed by atoms with Crippen molar-refractivity contribution in [3.63, 3.8) is 0 Å². The number of aromatic nitrogens is 1. The molecule has 0 atom stereocenters. The van der Waals surface area contributed by atoms with Crippen LogP contribution in [-0.2, 0) is 6.54 Å². The fourth-order valence-corrected chi connectivity index (χ4v) is 2.50. The largest absolute Gasteiger partial charge is 0.439 e. The van der Waals surface area contributed by atoms with Crippen molar-refractivity contribution in [3.05, 3.63) is 76.9 Å². The van der Waals surface area contributed by atoms with E-state index in [9.17, 15) is 5.26 Å². The highest BCUT2D eigenvalue weighted by atomic mass is 35.5. The number of nitrogen functional groups attached to an aromatic ring is 1. The summed E-state index contributed by atoms with van der Waals surface area (Å²) in [5, 5.41) is 9.91. The smallest absolute Gasteiger partial charge is 0.224 e. The minimum atomic E-state index is 0.414. The summed E-state index contributed by atoms with van der Waals surface area (Å²) in [7, 11) is 0.